The maximum atomic E-state index is 12.9. The van der Waals surface area contributed by atoms with Gasteiger partial charge in [0.15, 0.2) is 5.82 Å². The van der Waals surface area contributed by atoms with E-state index in [9.17, 15) is 23.1 Å². The highest BCUT2D eigenvalue weighted by molar-refractivity contribution is 7.18. The first kappa shape index (κ1) is 23.2. The number of alkyl halides is 3. The topological polar surface area (TPSA) is 98.2 Å². The molecule has 188 valence electrons. The molecule has 8 nitrogen and oxygen atoms in total. The van der Waals surface area contributed by atoms with Crippen LogP contribution < -0.4 is 4.90 Å². The molecule has 36 heavy (non-hydrogen) atoms. The van der Waals surface area contributed by atoms with Crippen molar-refractivity contribution in [3.63, 3.8) is 0 Å². The van der Waals surface area contributed by atoms with E-state index in [-0.39, 0.29) is 16.1 Å². The first-order valence-corrected chi connectivity index (χ1v) is 12.5. The van der Waals surface area contributed by atoms with E-state index in [2.05, 4.69) is 29.7 Å². The normalized spacial score (nSPS) is 20.9. The molecule has 2 aliphatic heterocycles. The number of nitrogens with one attached hydrogen (secondary N) is 1. The van der Waals surface area contributed by atoms with Gasteiger partial charge in [-0.3, -0.25) is 4.90 Å². The van der Waals surface area contributed by atoms with Crippen LogP contribution in [0.3, 0.4) is 0 Å². The van der Waals surface area contributed by atoms with Crippen LogP contribution in [0.2, 0.25) is 0 Å². The number of aromatic nitrogens is 4. The van der Waals surface area contributed by atoms with Crippen molar-refractivity contribution < 1.29 is 23.1 Å². The Morgan fingerprint density at radius 3 is 2.81 bits per heavy atom. The third-order valence-corrected chi connectivity index (χ3v) is 8.11. The van der Waals surface area contributed by atoms with Gasteiger partial charge in [-0.1, -0.05) is 23.5 Å². The van der Waals surface area contributed by atoms with E-state index in [0.29, 0.717) is 16.2 Å². The summed E-state index contributed by atoms with van der Waals surface area (Å²) in [4.78, 5) is 32.0. The molecule has 1 spiro atoms. The Balaban J connectivity index is 1.16. The van der Waals surface area contributed by atoms with Gasteiger partial charge in [-0.15, -0.1) is 0 Å². The molecule has 1 unspecified atom stereocenters. The summed E-state index contributed by atoms with van der Waals surface area (Å²) in [5.74, 6) is -0.360. The number of likely N-dealkylation sites (tertiary alicyclic amines) is 1. The van der Waals surface area contributed by atoms with Gasteiger partial charge < -0.3 is 15.0 Å². The zero-order chi connectivity index (χ0) is 25.1. The van der Waals surface area contributed by atoms with Gasteiger partial charge in [-0.2, -0.15) is 13.2 Å². The van der Waals surface area contributed by atoms with E-state index in [0.717, 1.165) is 73.4 Å². The fraction of sp³-hybridized carbons (Fsp3) is 0.417. The third kappa shape index (κ3) is 4.39. The van der Waals surface area contributed by atoms with Crippen molar-refractivity contribution in [2.75, 3.05) is 31.1 Å². The second kappa shape index (κ2) is 8.41. The zero-order valence-electron chi connectivity index (χ0n) is 19.2. The summed E-state index contributed by atoms with van der Waals surface area (Å²) in [7, 11) is 0. The minimum Gasteiger partial charge on any atom is -0.477 e. The summed E-state index contributed by atoms with van der Waals surface area (Å²) in [5.41, 5.74) is 2.65. The minimum atomic E-state index is -4.31. The predicted molar refractivity (Wildman–Crippen MR) is 129 cm³/mol. The van der Waals surface area contributed by atoms with Crippen LogP contribution in [0.5, 0.6) is 0 Å². The van der Waals surface area contributed by atoms with E-state index < -0.39 is 18.6 Å². The number of fused-ring (bicyclic) bond motifs is 2. The number of anilines is 1. The summed E-state index contributed by atoms with van der Waals surface area (Å²) < 4.78 is 38.6. The number of thiazole rings is 1. The second-order valence-corrected chi connectivity index (χ2v) is 10.9. The van der Waals surface area contributed by atoms with Crippen molar-refractivity contribution in [1.82, 2.24) is 24.8 Å². The number of aromatic carboxylic acids is 1. The fourth-order valence-corrected chi connectivity index (χ4v) is 6.45. The second-order valence-electron chi connectivity index (χ2n) is 9.79. The van der Waals surface area contributed by atoms with Crippen LogP contribution in [0.4, 0.5) is 19.0 Å². The molecule has 1 aromatic carbocycles. The van der Waals surface area contributed by atoms with Crippen LogP contribution in [-0.2, 0) is 13.0 Å². The van der Waals surface area contributed by atoms with Gasteiger partial charge in [0.1, 0.15) is 27.4 Å². The number of H-pyrrole nitrogens is 1. The molecule has 0 radical (unpaired) electrons. The number of halogens is 3. The molecule has 2 N–H and O–H groups in total. The summed E-state index contributed by atoms with van der Waals surface area (Å²) in [6.07, 6.45) is -1.95. The van der Waals surface area contributed by atoms with Gasteiger partial charge in [0.05, 0.1) is 6.42 Å². The standard InChI is InChI=1S/C24H23F3N6O2S/c25-24(26,27)9-18-31-19-20(28-13-29-21(19)36-18)33-6-4-23(12-33)3-5-32(11-23)10-14-1-2-15-8-17(22(34)35)30-16(15)7-14/h1-2,7-8,13,30H,3-6,9-12H2,(H,34,35). The Hall–Kier alpha value is -3.25. The lowest BCUT2D eigenvalue weighted by Gasteiger charge is -2.25. The largest absolute Gasteiger partial charge is 0.477 e. The smallest absolute Gasteiger partial charge is 0.395 e. The molecule has 2 saturated heterocycles. The van der Waals surface area contributed by atoms with Crippen LogP contribution in [0.1, 0.15) is 33.9 Å². The number of hydrogen-bond donors (Lipinski definition) is 2. The predicted octanol–water partition coefficient (Wildman–Crippen LogP) is 4.47. The Kier molecular flexibility index (Phi) is 5.41. The van der Waals surface area contributed by atoms with Crippen LogP contribution in [0.15, 0.2) is 30.6 Å². The van der Waals surface area contributed by atoms with Gasteiger partial charge in [0, 0.05) is 42.5 Å². The van der Waals surface area contributed by atoms with Crippen LogP contribution in [0, 0.1) is 5.41 Å². The van der Waals surface area contributed by atoms with Crippen LogP contribution in [-0.4, -0.2) is 68.3 Å². The van der Waals surface area contributed by atoms with Crippen molar-refractivity contribution in [3.05, 3.63) is 46.9 Å². The molecule has 0 amide bonds. The number of benzene rings is 1. The van der Waals surface area contributed by atoms with Gasteiger partial charge in [0.2, 0.25) is 0 Å². The molecular formula is C24H23F3N6O2S. The molecule has 1 atom stereocenters. The molecule has 3 aromatic heterocycles. The maximum absolute atomic E-state index is 12.9. The molecule has 5 heterocycles. The molecule has 12 heteroatoms. The summed E-state index contributed by atoms with van der Waals surface area (Å²) in [5, 5.41) is 10.1. The van der Waals surface area contributed by atoms with E-state index in [4.69, 9.17) is 0 Å². The van der Waals surface area contributed by atoms with E-state index in [1.54, 1.807) is 6.07 Å². The van der Waals surface area contributed by atoms with Crippen molar-refractivity contribution >= 4 is 44.4 Å². The number of carbonyl (C=O) groups is 1. The molecule has 0 aliphatic carbocycles. The van der Waals surface area contributed by atoms with Crippen molar-refractivity contribution in [3.8, 4) is 0 Å². The lowest BCUT2D eigenvalue weighted by Crippen LogP contribution is -2.31. The Labute approximate surface area is 207 Å². The molecule has 2 fully saturated rings. The van der Waals surface area contributed by atoms with Crippen molar-refractivity contribution in [2.45, 2.75) is 32.0 Å². The van der Waals surface area contributed by atoms with Crippen molar-refractivity contribution in [2.24, 2.45) is 5.41 Å². The first-order chi connectivity index (χ1) is 17.2. The van der Waals surface area contributed by atoms with E-state index >= 15 is 0 Å². The zero-order valence-corrected chi connectivity index (χ0v) is 20.0. The van der Waals surface area contributed by atoms with Gasteiger partial charge in [-0.25, -0.2) is 19.7 Å². The number of rotatable bonds is 5. The van der Waals surface area contributed by atoms with E-state index in [1.165, 1.54) is 6.33 Å². The fourth-order valence-electron chi connectivity index (χ4n) is 5.52. The third-order valence-electron chi connectivity index (χ3n) is 7.15. The number of carboxylic acids is 1. The number of aromatic amines is 1. The molecule has 6 rings (SSSR count). The lowest BCUT2D eigenvalue weighted by molar-refractivity contribution is -0.127. The van der Waals surface area contributed by atoms with Gasteiger partial charge >= 0.3 is 12.1 Å². The Morgan fingerprint density at radius 2 is 2.00 bits per heavy atom. The molecule has 2 aliphatic rings. The number of nitrogens with zero attached hydrogens (tertiary/aromatic N) is 5. The van der Waals surface area contributed by atoms with Crippen LogP contribution in [0.25, 0.3) is 21.3 Å². The van der Waals surface area contributed by atoms with E-state index in [1.807, 2.05) is 18.2 Å². The highest BCUT2D eigenvalue weighted by Gasteiger charge is 2.44. The molecular weight excluding hydrogens is 493 g/mol. The average Bonchev–Trinajstić information content (AvgIpc) is 3.58. The highest BCUT2D eigenvalue weighted by atomic mass is 32.1. The maximum Gasteiger partial charge on any atom is 0.395 e. The highest BCUT2D eigenvalue weighted by Crippen LogP contribution is 2.42. The minimum absolute atomic E-state index is 0.00899. The number of carboxylic acid groups (broad SMARTS) is 1. The summed E-state index contributed by atoms with van der Waals surface area (Å²) >= 11 is 0.974. The molecule has 4 aromatic rings. The molecule has 0 saturated carbocycles. The Morgan fingerprint density at radius 1 is 1.17 bits per heavy atom. The monoisotopic (exact) mass is 516 g/mol. The lowest BCUT2D eigenvalue weighted by atomic mass is 9.86. The summed E-state index contributed by atoms with van der Waals surface area (Å²) in [6, 6.07) is 7.62. The quantitative estimate of drug-likeness (QED) is 0.404. The number of hydrogen-bond acceptors (Lipinski definition) is 7. The van der Waals surface area contributed by atoms with Crippen molar-refractivity contribution in [1.29, 1.82) is 0 Å². The molecule has 0 bridgehead atoms. The first-order valence-electron chi connectivity index (χ1n) is 11.7. The summed E-state index contributed by atoms with van der Waals surface area (Å²) in [6.45, 7) is 4.18. The van der Waals surface area contributed by atoms with Crippen LogP contribution >= 0.6 is 11.3 Å². The van der Waals surface area contributed by atoms with Gasteiger partial charge in [-0.05, 0) is 37.1 Å². The SMILES string of the molecule is O=C(O)c1cc2ccc(CN3CCC4(CCN(c5ncnc6sc(CC(F)(F)F)nc56)C4)C3)cc2[nH]1. The Bertz CT molecular complexity index is 1470. The van der Waals surface area contributed by atoms with Gasteiger partial charge in [0.25, 0.3) is 0 Å². The average molecular weight is 517 g/mol.